The molecule has 70 valence electrons. The lowest BCUT2D eigenvalue weighted by Gasteiger charge is -2.13. The van der Waals surface area contributed by atoms with Crippen molar-refractivity contribution < 1.29 is 4.79 Å². The summed E-state index contributed by atoms with van der Waals surface area (Å²) in [5.41, 5.74) is 5.64. The summed E-state index contributed by atoms with van der Waals surface area (Å²) >= 11 is 0. The second kappa shape index (κ2) is 3.49. The van der Waals surface area contributed by atoms with Crippen LogP contribution in [-0.4, -0.2) is 22.2 Å². The Morgan fingerprint density at radius 1 is 1.69 bits per heavy atom. The van der Waals surface area contributed by atoms with Crippen LogP contribution in [-0.2, 0) is 4.79 Å². The first-order valence-corrected chi connectivity index (χ1v) is 3.55. The number of fused-ring (bicyclic) bond motifs is 1. The Bertz CT molecular complexity index is 357. The van der Waals surface area contributed by atoms with E-state index in [2.05, 4.69) is 10.4 Å². The summed E-state index contributed by atoms with van der Waals surface area (Å²) in [6.07, 6.45) is 3.29. The zero-order valence-electron chi connectivity index (χ0n) is 6.73. The number of nitrogens with zero attached hydrogens (tertiary/aromatic N) is 2. The molecule has 0 aromatic carbocycles. The highest BCUT2D eigenvalue weighted by molar-refractivity contribution is 5.96. The largest absolute Gasteiger partial charge is 0.366 e. The van der Waals surface area contributed by atoms with Gasteiger partial charge in [0.25, 0.3) is 0 Å². The van der Waals surface area contributed by atoms with E-state index in [0.29, 0.717) is 12.1 Å². The Balaban J connectivity index is 0.000000845. The fraction of sp³-hybridized carbons (Fsp3) is 0.143. The van der Waals surface area contributed by atoms with Crippen molar-refractivity contribution in [1.82, 2.24) is 9.78 Å². The number of aromatic nitrogens is 2. The molecule has 3 N–H and O–H groups in total. The molecule has 5 nitrogen and oxygen atoms in total. The van der Waals surface area contributed by atoms with Gasteiger partial charge in [0.2, 0.25) is 5.91 Å². The first-order chi connectivity index (χ1) is 5.77. The van der Waals surface area contributed by atoms with Gasteiger partial charge >= 0.3 is 0 Å². The standard InChI is InChI=1S/C7H8N4O.ClH/c8-7(12)5-3-9-6-1-2-10-11(6)4-5;/h1-2,4,9H,3H2,(H2,8,12);1H. The number of nitrogens with one attached hydrogen (secondary N) is 1. The fourth-order valence-corrected chi connectivity index (χ4v) is 1.09. The molecule has 0 aliphatic carbocycles. The Labute approximate surface area is 81.0 Å². The lowest BCUT2D eigenvalue weighted by Crippen LogP contribution is -2.24. The molecule has 0 radical (unpaired) electrons. The van der Waals surface area contributed by atoms with Crippen LogP contribution in [0.1, 0.15) is 0 Å². The maximum atomic E-state index is 10.8. The van der Waals surface area contributed by atoms with Gasteiger partial charge in [0, 0.05) is 18.8 Å². The highest BCUT2D eigenvalue weighted by Crippen LogP contribution is 2.13. The van der Waals surface area contributed by atoms with E-state index < -0.39 is 5.91 Å². The van der Waals surface area contributed by atoms with E-state index in [-0.39, 0.29) is 12.4 Å². The quantitative estimate of drug-likeness (QED) is 0.673. The van der Waals surface area contributed by atoms with Gasteiger partial charge < -0.3 is 11.1 Å². The molecule has 13 heavy (non-hydrogen) atoms. The van der Waals surface area contributed by atoms with Gasteiger partial charge in [0.05, 0.1) is 11.8 Å². The van der Waals surface area contributed by atoms with E-state index in [1.54, 1.807) is 17.1 Å². The Kier molecular flexibility index (Phi) is 2.57. The Morgan fingerprint density at radius 3 is 3.15 bits per heavy atom. The monoisotopic (exact) mass is 200 g/mol. The third kappa shape index (κ3) is 1.65. The number of nitrogens with two attached hydrogens (primary N) is 1. The van der Waals surface area contributed by atoms with Gasteiger partial charge in [0.1, 0.15) is 5.82 Å². The van der Waals surface area contributed by atoms with Gasteiger partial charge in [-0.25, -0.2) is 4.68 Å². The number of carbonyl (C=O) groups excluding carboxylic acids is 1. The summed E-state index contributed by atoms with van der Waals surface area (Å²) in [7, 11) is 0. The average molecular weight is 201 g/mol. The predicted octanol–water partition coefficient (Wildman–Crippen LogP) is 0.0566. The molecule has 0 unspecified atom stereocenters. The second-order valence-corrected chi connectivity index (χ2v) is 2.53. The number of hydrogen-bond donors (Lipinski definition) is 2. The lowest BCUT2D eigenvalue weighted by atomic mass is 10.2. The van der Waals surface area contributed by atoms with Crippen molar-refractivity contribution in [2.45, 2.75) is 0 Å². The summed E-state index contributed by atoms with van der Waals surface area (Å²) in [5.74, 6) is 0.462. The minimum Gasteiger partial charge on any atom is -0.366 e. The molecule has 0 fully saturated rings. The molecule has 0 bridgehead atoms. The third-order valence-corrected chi connectivity index (χ3v) is 1.72. The van der Waals surface area contributed by atoms with Crippen LogP contribution in [0.3, 0.4) is 0 Å². The smallest absolute Gasteiger partial charge is 0.247 e. The van der Waals surface area contributed by atoms with Crippen molar-refractivity contribution in [3.05, 3.63) is 17.8 Å². The Morgan fingerprint density at radius 2 is 2.46 bits per heavy atom. The van der Waals surface area contributed by atoms with Gasteiger partial charge in [-0.15, -0.1) is 12.4 Å². The van der Waals surface area contributed by atoms with Gasteiger partial charge in [-0.05, 0) is 0 Å². The van der Waals surface area contributed by atoms with Crippen molar-refractivity contribution >= 4 is 30.3 Å². The van der Waals surface area contributed by atoms with E-state index in [4.69, 9.17) is 5.73 Å². The zero-order valence-corrected chi connectivity index (χ0v) is 7.54. The zero-order chi connectivity index (χ0) is 8.55. The van der Waals surface area contributed by atoms with Crippen LogP contribution < -0.4 is 11.1 Å². The number of carbonyl (C=O) groups is 1. The number of amides is 1. The summed E-state index contributed by atoms with van der Waals surface area (Å²) in [5, 5.41) is 6.96. The molecule has 6 heteroatoms. The molecule has 0 saturated heterocycles. The van der Waals surface area contributed by atoms with Crippen molar-refractivity contribution in [3.8, 4) is 0 Å². The van der Waals surface area contributed by atoms with Crippen LogP contribution in [0.15, 0.2) is 17.8 Å². The van der Waals surface area contributed by atoms with Crippen LogP contribution in [0.25, 0.3) is 6.20 Å². The van der Waals surface area contributed by atoms with Gasteiger partial charge in [-0.1, -0.05) is 0 Å². The predicted molar refractivity (Wildman–Crippen MR) is 51.4 cm³/mol. The number of halogens is 1. The van der Waals surface area contributed by atoms with E-state index >= 15 is 0 Å². The number of hydrogen-bond acceptors (Lipinski definition) is 3. The number of rotatable bonds is 1. The average Bonchev–Trinajstić information content (AvgIpc) is 2.49. The van der Waals surface area contributed by atoms with E-state index in [0.717, 1.165) is 5.82 Å². The molecule has 1 aromatic heterocycles. The molecule has 2 rings (SSSR count). The van der Waals surface area contributed by atoms with Crippen molar-refractivity contribution in [3.63, 3.8) is 0 Å². The first kappa shape index (κ1) is 9.60. The van der Waals surface area contributed by atoms with Crippen LogP contribution in [0.5, 0.6) is 0 Å². The molecular weight excluding hydrogens is 192 g/mol. The molecule has 0 atom stereocenters. The molecule has 1 aliphatic heterocycles. The maximum absolute atomic E-state index is 10.8. The summed E-state index contributed by atoms with van der Waals surface area (Å²) in [4.78, 5) is 10.8. The first-order valence-electron chi connectivity index (χ1n) is 3.55. The van der Waals surface area contributed by atoms with Crippen LogP contribution in [0, 0.1) is 0 Å². The molecule has 1 aromatic rings. The molecule has 1 aliphatic rings. The van der Waals surface area contributed by atoms with Crippen molar-refractivity contribution in [1.29, 1.82) is 0 Å². The van der Waals surface area contributed by atoms with Gasteiger partial charge in [-0.3, -0.25) is 4.79 Å². The minimum atomic E-state index is -0.413. The SMILES string of the molecule is Cl.NC(=O)C1=Cn2nccc2NC1. The van der Waals surface area contributed by atoms with Gasteiger partial charge in [-0.2, -0.15) is 5.10 Å². The second-order valence-electron chi connectivity index (χ2n) is 2.53. The Hall–Kier alpha value is -1.49. The van der Waals surface area contributed by atoms with Crippen LogP contribution in [0.2, 0.25) is 0 Å². The topological polar surface area (TPSA) is 72.9 Å². The van der Waals surface area contributed by atoms with E-state index in [1.165, 1.54) is 0 Å². The van der Waals surface area contributed by atoms with E-state index in [9.17, 15) is 4.79 Å². The summed E-state index contributed by atoms with van der Waals surface area (Å²) in [6.45, 7) is 0.473. The molecule has 1 amide bonds. The molecule has 2 heterocycles. The normalized spacial score (nSPS) is 13.4. The highest BCUT2D eigenvalue weighted by atomic mass is 35.5. The molecular formula is C7H9ClN4O. The molecule has 0 saturated carbocycles. The van der Waals surface area contributed by atoms with Crippen LogP contribution in [0.4, 0.5) is 5.82 Å². The highest BCUT2D eigenvalue weighted by Gasteiger charge is 2.12. The number of anilines is 1. The molecule has 0 spiro atoms. The van der Waals surface area contributed by atoms with Crippen LogP contribution >= 0.6 is 12.4 Å². The van der Waals surface area contributed by atoms with Crippen molar-refractivity contribution in [2.24, 2.45) is 5.73 Å². The third-order valence-electron chi connectivity index (χ3n) is 1.72. The van der Waals surface area contributed by atoms with E-state index in [1.807, 2.05) is 6.07 Å². The number of primary amides is 1. The summed E-state index contributed by atoms with van der Waals surface area (Å²) in [6, 6.07) is 1.83. The fourth-order valence-electron chi connectivity index (χ4n) is 1.09. The van der Waals surface area contributed by atoms with Gasteiger partial charge in [0.15, 0.2) is 0 Å². The van der Waals surface area contributed by atoms with Crippen molar-refractivity contribution in [2.75, 3.05) is 11.9 Å². The minimum absolute atomic E-state index is 0. The lowest BCUT2D eigenvalue weighted by molar-refractivity contribution is -0.114. The summed E-state index contributed by atoms with van der Waals surface area (Å²) < 4.78 is 1.59. The maximum Gasteiger partial charge on any atom is 0.247 e.